The third-order valence-electron chi connectivity index (χ3n) is 2.77. The Morgan fingerprint density at radius 3 is 1.12 bits per heavy atom. The van der Waals surface area contributed by atoms with Gasteiger partial charge >= 0.3 is 50.5 Å². The molecule has 2 nitrogen and oxygen atoms in total. The smallest absolute Gasteiger partial charge is 0 e. The summed E-state index contributed by atoms with van der Waals surface area (Å²) >= 11 is 9.54. The molecule has 0 aliphatic carbocycles. The molecule has 9 heteroatoms. The van der Waals surface area contributed by atoms with Crippen molar-refractivity contribution in [1.82, 2.24) is 9.97 Å². The molecule has 0 unspecified atom stereocenters. The van der Waals surface area contributed by atoms with Gasteiger partial charge in [0.05, 0.1) is 0 Å². The molecule has 0 N–H and O–H groups in total. The molecule has 2 heterocycles. The number of aromatic nitrogens is 2. The largest absolute Gasteiger partial charge is 0 e. The zero-order valence-electron chi connectivity index (χ0n) is 15.1. The maximum Gasteiger partial charge on any atom is 0 e. The van der Waals surface area contributed by atoms with Gasteiger partial charge in [-0.15, -0.1) is 11.1 Å². The summed E-state index contributed by atoms with van der Waals surface area (Å²) in [6, 6.07) is 10.0. The summed E-state index contributed by atoms with van der Waals surface area (Å²) in [7, 11) is 0. The van der Waals surface area contributed by atoms with Crippen molar-refractivity contribution in [2.24, 2.45) is 0 Å². The van der Waals surface area contributed by atoms with Crippen LogP contribution in [0.3, 0.4) is 0 Å². The first-order valence-corrected chi connectivity index (χ1v) is 25.3. The van der Waals surface area contributed by atoms with Gasteiger partial charge in [0.25, 0.3) is 0 Å². The van der Waals surface area contributed by atoms with E-state index in [2.05, 4.69) is 96.6 Å². The average Bonchev–Trinajstić information content (AvgIpc) is 2.51. The Morgan fingerprint density at radius 1 is 0.731 bits per heavy atom. The van der Waals surface area contributed by atoms with Gasteiger partial charge in [0.2, 0.25) is 0 Å². The topological polar surface area (TPSA) is 25.8 Å². The summed E-state index contributed by atoms with van der Waals surface area (Å²) in [6.07, 6.45) is 0. The molecule has 0 aliphatic rings. The molecule has 2 aromatic rings. The van der Waals surface area contributed by atoms with E-state index in [1.165, 1.54) is 0 Å². The third-order valence-corrected chi connectivity index (χ3v) is 2.77. The number of rotatable bonds is 0. The molecule has 0 saturated carbocycles. The van der Waals surface area contributed by atoms with Crippen LogP contribution in [0.5, 0.6) is 0 Å². The molecule has 0 saturated heterocycles. The number of halogens is 5. The van der Waals surface area contributed by atoms with Crippen LogP contribution in [0.2, 0.25) is 0 Å². The van der Waals surface area contributed by atoms with Crippen LogP contribution < -0.4 is 13.3 Å². The van der Waals surface area contributed by atoms with Crippen LogP contribution >= 0.6 is 74.5 Å². The van der Waals surface area contributed by atoms with E-state index >= 15 is 0 Å². The number of aryl methyl sites for hydroxylation is 6. The second kappa shape index (κ2) is 27.2. The van der Waals surface area contributed by atoms with Crippen molar-refractivity contribution in [3.05, 3.63) is 58.2 Å². The van der Waals surface area contributed by atoms with E-state index in [0.29, 0.717) is 13.3 Å². The Labute approximate surface area is 264 Å². The molecule has 0 aliphatic heterocycles. The van der Waals surface area contributed by atoms with Crippen molar-refractivity contribution in [1.29, 1.82) is 0 Å². The second-order valence-electron chi connectivity index (χ2n) is 4.56. The summed E-state index contributed by atoms with van der Waals surface area (Å²) in [5.74, 6) is 0. The van der Waals surface area contributed by atoms with Crippen molar-refractivity contribution in [3.8, 4) is 0 Å². The van der Waals surface area contributed by atoms with Crippen LogP contribution in [-0.2, 0) is 65.4 Å². The molecule has 0 atom stereocenters. The van der Waals surface area contributed by atoms with Gasteiger partial charge in [-0.05, 0) is 0 Å². The minimum atomic E-state index is 0. The molecular formula is C17H24I5N2Y2-3. The number of hydrogen-bond donors (Lipinski definition) is 0. The van der Waals surface area contributed by atoms with Gasteiger partial charge in [-0.3, -0.25) is 0 Å². The maximum atomic E-state index is 4.24. The van der Waals surface area contributed by atoms with Crippen LogP contribution in [-0.4, -0.2) is 9.97 Å². The molecule has 146 valence electrons. The third kappa shape index (κ3) is 22.8. The van der Waals surface area contributed by atoms with E-state index in [9.17, 15) is 0 Å². The molecular weight excluding hydrogens is 1040 g/mol. The Morgan fingerprint density at radius 2 is 0.962 bits per heavy atom. The first kappa shape index (κ1) is 40.5. The summed E-state index contributed by atoms with van der Waals surface area (Å²) < 4.78 is 0. The fraction of sp³-hybridized carbons (Fsp3) is 0.412. The minimum absolute atomic E-state index is 0. The molecule has 0 amide bonds. The van der Waals surface area contributed by atoms with Crippen LogP contribution in [0.4, 0.5) is 0 Å². The van der Waals surface area contributed by atoms with Crippen molar-refractivity contribution in [3.63, 3.8) is 0 Å². The molecule has 0 aromatic carbocycles. The van der Waals surface area contributed by atoms with E-state index in [1.807, 2.05) is 53.7 Å². The minimum Gasteiger partial charge on any atom is 0 e. The van der Waals surface area contributed by atoms with Gasteiger partial charge < -0.3 is 9.97 Å². The SMILES string of the molecule is C.Cc1c[c-]c(C)c(C)n1.Cc1c[c-]c(C)c(C)n1.II.I[I-]I.[Y].[Y]. The van der Waals surface area contributed by atoms with E-state index in [-0.39, 0.29) is 72.8 Å². The molecule has 0 fully saturated rings. The summed E-state index contributed by atoms with van der Waals surface area (Å²) in [5.41, 5.74) is 6.52. The van der Waals surface area contributed by atoms with Crippen LogP contribution in [0.1, 0.15) is 41.3 Å². The number of hydrogen-bond acceptors (Lipinski definition) is 2. The molecule has 26 heavy (non-hydrogen) atoms. The summed E-state index contributed by atoms with van der Waals surface area (Å²) in [4.78, 5) is 8.48. The second-order valence-corrected chi connectivity index (χ2v) is 20.8. The first-order valence-electron chi connectivity index (χ1n) is 6.48. The Balaban J connectivity index is -0.0000000831. The van der Waals surface area contributed by atoms with Crippen LogP contribution in [0, 0.1) is 53.7 Å². The molecule has 0 bridgehead atoms. The maximum absolute atomic E-state index is 4.24. The van der Waals surface area contributed by atoms with Crippen molar-refractivity contribution >= 4 is 74.5 Å². The Hall–Kier alpha value is 4.16. The molecule has 2 radical (unpaired) electrons. The van der Waals surface area contributed by atoms with Gasteiger partial charge in [0.15, 0.2) is 0 Å². The summed E-state index contributed by atoms with van der Waals surface area (Å²) in [5, 5.41) is 0. The monoisotopic (exact) mass is 1070 g/mol. The van der Waals surface area contributed by atoms with Crippen LogP contribution in [0.15, 0.2) is 12.1 Å². The fourth-order valence-corrected chi connectivity index (χ4v) is 1.40. The normalized spacial score (nSPS) is 7.77. The predicted octanol–water partition coefficient (Wildman–Crippen LogP) is 4.79. The molecule has 0 spiro atoms. The first-order chi connectivity index (χ1) is 10.8. The molecule has 2 aromatic heterocycles. The van der Waals surface area contributed by atoms with E-state index < -0.39 is 0 Å². The fourth-order valence-electron chi connectivity index (χ4n) is 1.40. The van der Waals surface area contributed by atoms with E-state index in [4.69, 9.17) is 0 Å². The van der Waals surface area contributed by atoms with E-state index in [0.717, 1.165) is 33.9 Å². The van der Waals surface area contributed by atoms with Gasteiger partial charge in [-0.1, -0.05) is 71.7 Å². The zero-order valence-corrected chi connectivity index (χ0v) is 31.6. The van der Waals surface area contributed by atoms with Gasteiger partial charge in [0, 0.05) is 103 Å². The Bertz CT molecular complexity index is 523. The van der Waals surface area contributed by atoms with E-state index in [1.54, 1.807) is 0 Å². The predicted molar refractivity (Wildman–Crippen MR) is 137 cm³/mol. The van der Waals surface area contributed by atoms with Gasteiger partial charge in [0.1, 0.15) is 0 Å². The van der Waals surface area contributed by atoms with Crippen molar-refractivity contribution in [2.75, 3.05) is 0 Å². The van der Waals surface area contributed by atoms with Gasteiger partial charge in [-0.25, -0.2) is 0 Å². The standard InChI is InChI=1S/2C8H10N.CH4.I3.I2.2Y/c2*1-6-4-5-7(2)9-8(6)3;;1-3-2;1-2;;/h2*5H,1-3H3;1H4;;;;/q2*-1;;-1;;;. The van der Waals surface area contributed by atoms with Crippen LogP contribution in [0.25, 0.3) is 0 Å². The average molecular weight is 1070 g/mol. The quantitative estimate of drug-likeness (QED) is 0.281. The Kier molecular flexibility index (Phi) is 42.4. The van der Waals surface area contributed by atoms with Gasteiger partial charge in [-0.2, -0.15) is 24.3 Å². The number of nitrogens with zero attached hydrogens (tertiary/aromatic N) is 2. The summed E-state index contributed by atoms with van der Waals surface area (Å²) in [6.45, 7) is 12.0. The molecule has 2 rings (SSSR count). The van der Waals surface area contributed by atoms with Crippen molar-refractivity contribution in [2.45, 2.75) is 49.0 Å². The zero-order chi connectivity index (χ0) is 18.4. The number of pyridine rings is 2. The van der Waals surface area contributed by atoms with Crippen molar-refractivity contribution < 1.29 is 78.7 Å².